The first-order valence-corrected chi connectivity index (χ1v) is 14.3. The third-order valence-corrected chi connectivity index (χ3v) is 8.56. The summed E-state index contributed by atoms with van der Waals surface area (Å²) in [4.78, 5) is 33.6. The lowest BCUT2D eigenvalue weighted by Gasteiger charge is -2.20. The van der Waals surface area contributed by atoms with E-state index in [2.05, 4.69) is 36.1 Å². The number of hydrogen-bond donors (Lipinski definition) is 2. The van der Waals surface area contributed by atoms with E-state index in [0.29, 0.717) is 16.7 Å². The van der Waals surface area contributed by atoms with Crippen LogP contribution in [0.2, 0.25) is 6.04 Å². The van der Waals surface area contributed by atoms with Crippen molar-refractivity contribution in [2.45, 2.75) is 32.2 Å². The van der Waals surface area contributed by atoms with Crippen LogP contribution in [0.3, 0.4) is 0 Å². The Labute approximate surface area is 199 Å². The first kappa shape index (κ1) is 24.2. The summed E-state index contributed by atoms with van der Waals surface area (Å²) >= 11 is 3.05. The van der Waals surface area contributed by atoms with Gasteiger partial charge in [-0.05, 0) is 41.2 Å². The highest BCUT2D eigenvalue weighted by atomic mass is 32.2. The molecule has 167 valence electrons. The zero-order valence-electron chi connectivity index (χ0n) is 18.8. The highest BCUT2D eigenvalue weighted by Gasteiger charge is 2.26. The van der Waals surface area contributed by atoms with Gasteiger partial charge in [0.1, 0.15) is 0 Å². The quantitative estimate of drug-likeness (QED) is 0.386. The van der Waals surface area contributed by atoms with Crippen LogP contribution in [0, 0.1) is 0 Å². The van der Waals surface area contributed by atoms with Crippen LogP contribution in [-0.4, -0.2) is 37.4 Å². The van der Waals surface area contributed by atoms with E-state index in [1.54, 1.807) is 17.8 Å². The van der Waals surface area contributed by atoms with Gasteiger partial charge in [0.05, 0.1) is 5.69 Å². The van der Waals surface area contributed by atoms with E-state index >= 15 is 0 Å². The molecule has 2 N–H and O–H groups in total. The molecule has 3 aromatic rings. The van der Waals surface area contributed by atoms with E-state index in [9.17, 15) is 9.59 Å². The second kappa shape index (κ2) is 10.9. The first-order valence-electron chi connectivity index (χ1n) is 10.4. The van der Waals surface area contributed by atoms with Crippen LogP contribution in [0.15, 0.2) is 60.0 Å². The van der Waals surface area contributed by atoms with Crippen molar-refractivity contribution in [1.82, 2.24) is 9.97 Å². The molecule has 0 saturated heterocycles. The molecule has 32 heavy (non-hydrogen) atoms. The Kier molecular flexibility index (Phi) is 8.28. The molecule has 0 unspecified atom stereocenters. The van der Waals surface area contributed by atoms with Crippen LogP contribution < -0.4 is 10.3 Å². The summed E-state index contributed by atoms with van der Waals surface area (Å²) in [5, 5.41) is 5.40. The van der Waals surface area contributed by atoms with Gasteiger partial charge in [-0.15, -0.1) is 11.3 Å². The average molecular weight is 483 g/mol. The predicted molar refractivity (Wildman–Crippen MR) is 138 cm³/mol. The van der Waals surface area contributed by atoms with Crippen LogP contribution in [0.4, 0.5) is 9.93 Å². The fourth-order valence-corrected chi connectivity index (χ4v) is 6.61. The molecule has 0 fully saturated rings. The van der Waals surface area contributed by atoms with Crippen molar-refractivity contribution in [2.75, 3.05) is 17.3 Å². The molecule has 1 heterocycles. The number of thioether (sulfide) groups is 1. The van der Waals surface area contributed by atoms with E-state index in [-0.39, 0.29) is 16.9 Å². The number of anilines is 1. The van der Waals surface area contributed by atoms with Crippen molar-refractivity contribution in [1.29, 1.82) is 0 Å². The number of carbonyl (C=O) groups excluding carboxylic acids is 2. The molecule has 8 heteroatoms. The average Bonchev–Trinajstić information content (AvgIpc) is 3.25. The summed E-state index contributed by atoms with van der Waals surface area (Å²) in [6.07, 6.45) is 2.00. The topological polar surface area (TPSA) is 71.1 Å². The van der Waals surface area contributed by atoms with E-state index < -0.39 is 8.96 Å². The third kappa shape index (κ3) is 6.54. The summed E-state index contributed by atoms with van der Waals surface area (Å²) in [5.74, 6) is 0.599. The van der Waals surface area contributed by atoms with Gasteiger partial charge in [-0.25, -0.2) is 4.98 Å². The standard InChI is InChI=1S/C24H28N3O2S2Si/c1-24(2,3)19-12-8-11-18(15-19)21(28)27-32(14-13-30-4)23(29)26-22-25-20(16-31-22)17-9-6-5-7-10-17/h5-12,15-16H,13-14H2,1-4H3,(H,27,28)(H,25,26,29). The number of rotatable bonds is 8. The van der Waals surface area contributed by atoms with Crippen molar-refractivity contribution >= 4 is 48.6 Å². The number of aromatic nitrogens is 1. The number of carbonyl (C=O) groups is 2. The molecular weight excluding hydrogens is 455 g/mol. The minimum absolute atomic E-state index is 0.0540. The SMILES string of the molecule is CSCC[Si](NC(=O)c1cccc(C(C)(C)C)c1)C(=O)Nc1nc(-c2ccccc2)cs1. The zero-order valence-corrected chi connectivity index (χ0v) is 21.4. The smallest absolute Gasteiger partial charge is 0.282 e. The molecule has 0 atom stereocenters. The predicted octanol–water partition coefficient (Wildman–Crippen LogP) is 6.01. The van der Waals surface area contributed by atoms with Gasteiger partial charge < -0.3 is 10.3 Å². The molecule has 3 rings (SSSR count). The van der Waals surface area contributed by atoms with E-state index in [1.165, 1.54) is 11.3 Å². The lowest BCUT2D eigenvalue weighted by Crippen LogP contribution is -2.47. The maximum atomic E-state index is 13.0. The number of amides is 2. The second-order valence-electron chi connectivity index (χ2n) is 8.36. The Balaban J connectivity index is 1.71. The Morgan fingerprint density at radius 1 is 1.09 bits per heavy atom. The monoisotopic (exact) mass is 482 g/mol. The molecule has 2 amide bonds. The fraction of sp³-hybridized carbons (Fsp3) is 0.292. The lowest BCUT2D eigenvalue weighted by molar-refractivity contribution is 0.0979. The molecule has 0 spiro atoms. The largest absolute Gasteiger partial charge is 0.370 e. The second-order valence-corrected chi connectivity index (χ2v) is 12.4. The number of thiazole rings is 1. The van der Waals surface area contributed by atoms with E-state index in [4.69, 9.17) is 0 Å². The Morgan fingerprint density at radius 3 is 2.53 bits per heavy atom. The molecule has 0 saturated carbocycles. The van der Waals surface area contributed by atoms with Crippen LogP contribution in [-0.2, 0) is 5.41 Å². The van der Waals surface area contributed by atoms with Crippen molar-refractivity contribution < 1.29 is 9.59 Å². The number of nitrogens with one attached hydrogen (secondary N) is 2. The molecule has 0 aliphatic rings. The summed E-state index contributed by atoms with van der Waals surface area (Å²) < 4.78 is 0. The van der Waals surface area contributed by atoms with E-state index in [0.717, 1.165) is 22.6 Å². The Hall–Kier alpha value is -2.42. The van der Waals surface area contributed by atoms with Crippen LogP contribution in [0.25, 0.3) is 11.3 Å². The molecule has 0 bridgehead atoms. The van der Waals surface area contributed by atoms with Crippen LogP contribution >= 0.6 is 23.1 Å². The van der Waals surface area contributed by atoms with Crippen molar-refractivity contribution in [3.8, 4) is 11.3 Å². The molecular formula is C24H28N3O2S2Si. The van der Waals surface area contributed by atoms with Gasteiger partial charge in [0.15, 0.2) is 5.13 Å². The maximum Gasteiger partial charge on any atom is 0.282 e. The molecule has 1 aromatic heterocycles. The molecule has 0 aliphatic heterocycles. The highest BCUT2D eigenvalue weighted by Crippen LogP contribution is 2.25. The maximum absolute atomic E-state index is 13.0. The van der Waals surface area contributed by atoms with Gasteiger partial charge in [0.25, 0.3) is 8.96 Å². The minimum atomic E-state index is -1.83. The van der Waals surface area contributed by atoms with Gasteiger partial charge in [-0.2, -0.15) is 11.8 Å². The van der Waals surface area contributed by atoms with Crippen molar-refractivity contribution in [3.63, 3.8) is 0 Å². The summed E-state index contributed by atoms with van der Waals surface area (Å²) in [7, 11) is -1.83. The minimum Gasteiger partial charge on any atom is -0.370 e. The number of hydrogen-bond acceptors (Lipinski definition) is 5. The zero-order chi connectivity index (χ0) is 23.1. The highest BCUT2D eigenvalue weighted by molar-refractivity contribution is 7.98. The van der Waals surface area contributed by atoms with Crippen LogP contribution in [0.1, 0.15) is 36.7 Å². The molecule has 1 radical (unpaired) electrons. The van der Waals surface area contributed by atoms with Gasteiger partial charge in [0.2, 0.25) is 11.4 Å². The Bertz CT molecular complexity index is 1060. The Morgan fingerprint density at radius 2 is 1.84 bits per heavy atom. The summed E-state index contributed by atoms with van der Waals surface area (Å²) in [6, 6.07) is 18.1. The number of nitrogens with zero attached hydrogens (tertiary/aromatic N) is 1. The normalized spacial score (nSPS) is 11.4. The van der Waals surface area contributed by atoms with E-state index in [1.807, 2.05) is 60.2 Å². The van der Waals surface area contributed by atoms with Crippen LogP contribution in [0.5, 0.6) is 0 Å². The molecule has 2 aromatic carbocycles. The van der Waals surface area contributed by atoms with Crippen molar-refractivity contribution in [2.24, 2.45) is 0 Å². The summed E-state index contributed by atoms with van der Waals surface area (Å²) in [6.45, 7) is 6.34. The van der Waals surface area contributed by atoms with Gasteiger partial charge in [0, 0.05) is 16.5 Å². The summed E-state index contributed by atoms with van der Waals surface area (Å²) in [5.41, 5.74) is 3.29. The van der Waals surface area contributed by atoms with Gasteiger partial charge >= 0.3 is 0 Å². The molecule has 5 nitrogen and oxygen atoms in total. The van der Waals surface area contributed by atoms with Crippen molar-refractivity contribution in [3.05, 3.63) is 71.1 Å². The van der Waals surface area contributed by atoms with Gasteiger partial charge in [-0.1, -0.05) is 63.2 Å². The molecule has 0 aliphatic carbocycles. The first-order chi connectivity index (χ1) is 15.3. The fourth-order valence-electron chi connectivity index (χ4n) is 3.02. The van der Waals surface area contributed by atoms with Gasteiger partial charge in [-0.3, -0.25) is 9.59 Å². The lowest BCUT2D eigenvalue weighted by atomic mass is 9.86. The number of benzene rings is 2. The third-order valence-electron chi connectivity index (χ3n) is 4.88.